The first-order valence-corrected chi connectivity index (χ1v) is 9.51. The molecule has 0 bridgehead atoms. The van der Waals surface area contributed by atoms with Gasteiger partial charge >= 0.3 is 0 Å². The predicted octanol–water partition coefficient (Wildman–Crippen LogP) is 1.77. The highest BCUT2D eigenvalue weighted by Gasteiger charge is 2.25. The van der Waals surface area contributed by atoms with Crippen LogP contribution in [0.5, 0.6) is 0 Å². The molecule has 0 saturated carbocycles. The van der Waals surface area contributed by atoms with Crippen LogP contribution in [0, 0.1) is 0 Å². The maximum atomic E-state index is 12.1. The van der Waals surface area contributed by atoms with E-state index in [0.29, 0.717) is 37.4 Å². The normalized spacial score (nSPS) is 17.3. The Kier molecular flexibility index (Phi) is 6.01. The van der Waals surface area contributed by atoms with Gasteiger partial charge in [0.2, 0.25) is 10.0 Å². The van der Waals surface area contributed by atoms with E-state index >= 15 is 0 Å². The number of hydrogen-bond donors (Lipinski definition) is 1. The van der Waals surface area contributed by atoms with E-state index in [2.05, 4.69) is 5.32 Å². The maximum Gasteiger partial charge on any atom is 0.251 e. The van der Waals surface area contributed by atoms with Gasteiger partial charge in [-0.2, -0.15) is 0 Å². The Morgan fingerprint density at radius 1 is 1.26 bits per heavy atom. The molecular formula is C16H24N2O4S. The van der Waals surface area contributed by atoms with Crippen LogP contribution in [-0.4, -0.2) is 45.9 Å². The fraction of sp³-hybridized carbons (Fsp3) is 0.562. The molecule has 7 heteroatoms. The van der Waals surface area contributed by atoms with Crippen molar-refractivity contribution in [3.05, 3.63) is 29.8 Å². The topological polar surface area (TPSA) is 75.7 Å². The number of rotatable bonds is 6. The van der Waals surface area contributed by atoms with Crippen molar-refractivity contribution < 1.29 is 17.9 Å². The summed E-state index contributed by atoms with van der Waals surface area (Å²) in [7, 11) is -3.22. The third-order valence-electron chi connectivity index (χ3n) is 3.61. The Morgan fingerprint density at radius 2 is 1.96 bits per heavy atom. The van der Waals surface area contributed by atoms with E-state index in [1.807, 2.05) is 13.8 Å². The fourth-order valence-electron chi connectivity index (χ4n) is 2.42. The SMILES string of the molecule is CC(C)OCCNC(=O)c1ccc(N2CCCCS2(=O)=O)cc1. The molecule has 1 fully saturated rings. The zero-order valence-electron chi connectivity index (χ0n) is 13.6. The number of nitrogens with zero attached hydrogens (tertiary/aromatic N) is 1. The van der Waals surface area contributed by atoms with E-state index in [4.69, 9.17) is 4.74 Å². The highest BCUT2D eigenvalue weighted by Crippen LogP contribution is 2.23. The highest BCUT2D eigenvalue weighted by atomic mass is 32.2. The molecule has 128 valence electrons. The Balaban J connectivity index is 1.95. The second-order valence-corrected chi connectivity index (χ2v) is 7.83. The third-order valence-corrected chi connectivity index (χ3v) is 5.48. The van der Waals surface area contributed by atoms with Crippen molar-refractivity contribution in [2.75, 3.05) is 29.8 Å². The average Bonchev–Trinajstić information content (AvgIpc) is 2.51. The van der Waals surface area contributed by atoms with Crippen LogP contribution in [0.1, 0.15) is 37.0 Å². The van der Waals surface area contributed by atoms with E-state index in [1.165, 1.54) is 4.31 Å². The smallest absolute Gasteiger partial charge is 0.251 e. The summed E-state index contributed by atoms with van der Waals surface area (Å²) in [5.74, 6) is -0.00383. The maximum absolute atomic E-state index is 12.1. The van der Waals surface area contributed by atoms with Crippen molar-refractivity contribution in [1.29, 1.82) is 0 Å². The summed E-state index contributed by atoms with van der Waals surface area (Å²) in [4.78, 5) is 12.0. The van der Waals surface area contributed by atoms with Crippen LogP contribution >= 0.6 is 0 Å². The molecule has 0 aliphatic carbocycles. The number of carbonyl (C=O) groups excluding carboxylic acids is 1. The van der Waals surface area contributed by atoms with Gasteiger partial charge in [0, 0.05) is 18.7 Å². The molecular weight excluding hydrogens is 316 g/mol. The van der Waals surface area contributed by atoms with Gasteiger partial charge in [0.25, 0.3) is 5.91 Å². The number of sulfonamides is 1. The average molecular weight is 340 g/mol. The van der Waals surface area contributed by atoms with Crippen molar-refractivity contribution in [2.24, 2.45) is 0 Å². The van der Waals surface area contributed by atoms with Crippen LogP contribution in [0.4, 0.5) is 5.69 Å². The zero-order valence-corrected chi connectivity index (χ0v) is 14.4. The minimum absolute atomic E-state index is 0.137. The summed E-state index contributed by atoms with van der Waals surface area (Å²) < 4.78 is 30.9. The molecule has 1 aromatic carbocycles. The molecule has 0 spiro atoms. The lowest BCUT2D eigenvalue weighted by Crippen LogP contribution is -2.37. The van der Waals surface area contributed by atoms with Crippen molar-refractivity contribution >= 4 is 21.6 Å². The van der Waals surface area contributed by atoms with Gasteiger partial charge in [0.05, 0.1) is 24.2 Å². The van der Waals surface area contributed by atoms with Gasteiger partial charge in [0.1, 0.15) is 0 Å². The van der Waals surface area contributed by atoms with E-state index in [1.54, 1.807) is 24.3 Å². The van der Waals surface area contributed by atoms with E-state index in [0.717, 1.165) is 6.42 Å². The first kappa shape index (κ1) is 17.7. The Labute approximate surface area is 137 Å². The second-order valence-electron chi connectivity index (χ2n) is 5.82. The fourth-order valence-corrected chi connectivity index (χ4v) is 4.06. The Bertz CT molecular complexity index is 626. The molecule has 0 atom stereocenters. The number of benzene rings is 1. The Hall–Kier alpha value is -1.60. The van der Waals surface area contributed by atoms with E-state index in [-0.39, 0.29) is 17.8 Å². The summed E-state index contributed by atoms with van der Waals surface area (Å²) in [5, 5.41) is 2.77. The predicted molar refractivity (Wildman–Crippen MR) is 90.2 cm³/mol. The lowest BCUT2D eigenvalue weighted by Gasteiger charge is -2.28. The van der Waals surface area contributed by atoms with Gasteiger partial charge in [-0.05, 0) is 51.0 Å². The molecule has 6 nitrogen and oxygen atoms in total. The minimum Gasteiger partial charge on any atom is -0.377 e. The number of ether oxygens (including phenoxy) is 1. The standard InChI is InChI=1S/C16H24N2O4S/c1-13(2)22-11-9-17-16(19)14-5-7-15(8-6-14)18-10-3-4-12-23(18,20)21/h5-8,13H,3-4,9-12H2,1-2H3,(H,17,19). The molecule has 1 amide bonds. The molecule has 1 N–H and O–H groups in total. The first-order chi connectivity index (χ1) is 10.9. The van der Waals surface area contributed by atoms with Crippen LogP contribution < -0.4 is 9.62 Å². The molecule has 1 saturated heterocycles. The molecule has 1 aromatic rings. The monoisotopic (exact) mass is 340 g/mol. The van der Waals surface area contributed by atoms with E-state index < -0.39 is 10.0 Å². The molecule has 0 radical (unpaired) electrons. The Morgan fingerprint density at radius 3 is 2.57 bits per heavy atom. The lowest BCUT2D eigenvalue weighted by molar-refractivity contribution is 0.0746. The van der Waals surface area contributed by atoms with Crippen LogP contribution in [0.2, 0.25) is 0 Å². The van der Waals surface area contributed by atoms with Gasteiger partial charge in [-0.15, -0.1) is 0 Å². The summed E-state index contributed by atoms with van der Waals surface area (Å²) >= 11 is 0. The van der Waals surface area contributed by atoms with Gasteiger partial charge < -0.3 is 10.1 Å². The molecule has 1 aliphatic heterocycles. The molecule has 0 unspecified atom stereocenters. The molecule has 23 heavy (non-hydrogen) atoms. The number of nitrogens with one attached hydrogen (secondary N) is 1. The summed E-state index contributed by atoms with van der Waals surface area (Å²) in [5.41, 5.74) is 1.12. The van der Waals surface area contributed by atoms with Gasteiger partial charge in [-0.25, -0.2) is 8.42 Å². The van der Waals surface area contributed by atoms with Crippen LogP contribution in [0.3, 0.4) is 0 Å². The minimum atomic E-state index is -3.22. The summed E-state index contributed by atoms with van der Waals surface area (Å²) in [6, 6.07) is 6.67. The highest BCUT2D eigenvalue weighted by molar-refractivity contribution is 7.92. The molecule has 2 rings (SSSR count). The number of hydrogen-bond acceptors (Lipinski definition) is 4. The van der Waals surface area contributed by atoms with Crippen molar-refractivity contribution in [3.63, 3.8) is 0 Å². The summed E-state index contributed by atoms with van der Waals surface area (Å²) in [6.07, 6.45) is 1.70. The number of amides is 1. The van der Waals surface area contributed by atoms with Gasteiger partial charge in [-0.1, -0.05) is 0 Å². The van der Waals surface area contributed by atoms with Crippen molar-refractivity contribution in [2.45, 2.75) is 32.8 Å². The van der Waals surface area contributed by atoms with Gasteiger partial charge in [0.15, 0.2) is 0 Å². The largest absolute Gasteiger partial charge is 0.377 e. The number of carbonyl (C=O) groups is 1. The van der Waals surface area contributed by atoms with Crippen molar-refractivity contribution in [1.82, 2.24) is 5.32 Å². The van der Waals surface area contributed by atoms with Crippen LogP contribution in [-0.2, 0) is 14.8 Å². The van der Waals surface area contributed by atoms with Crippen molar-refractivity contribution in [3.8, 4) is 0 Å². The third kappa shape index (κ3) is 4.94. The summed E-state index contributed by atoms with van der Waals surface area (Å²) in [6.45, 7) is 5.29. The zero-order chi connectivity index (χ0) is 16.9. The second kappa shape index (κ2) is 7.79. The van der Waals surface area contributed by atoms with Crippen LogP contribution in [0.15, 0.2) is 24.3 Å². The molecule has 1 heterocycles. The molecule has 1 aliphatic rings. The van der Waals surface area contributed by atoms with E-state index in [9.17, 15) is 13.2 Å². The quantitative estimate of drug-likeness (QED) is 0.801. The number of anilines is 1. The van der Waals surface area contributed by atoms with Crippen LogP contribution in [0.25, 0.3) is 0 Å². The lowest BCUT2D eigenvalue weighted by atomic mass is 10.2. The molecule has 0 aromatic heterocycles. The first-order valence-electron chi connectivity index (χ1n) is 7.90. The van der Waals surface area contributed by atoms with Gasteiger partial charge in [-0.3, -0.25) is 9.10 Å².